The molecule has 0 saturated carbocycles. The van der Waals surface area contributed by atoms with Crippen LogP contribution in [-0.4, -0.2) is 40.3 Å². The highest BCUT2D eigenvalue weighted by molar-refractivity contribution is 7.91. The molecule has 154 valence electrons. The maximum Gasteiger partial charge on any atom is 0.252 e. The number of benzene rings is 1. The summed E-state index contributed by atoms with van der Waals surface area (Å²) < 4.78 is 55.5. The number of hydrogen-bond donors (Lipinski definition) is 1. The van der Waals surface area contributed by atoms with E-state index < -0.39 is 20.0 Å². The van der Waals surface area contributed by atoms with Crippen LogP contribution in [0.5, 0.6) is 0 Å². The summed E-state index contributed by atoms with van der Waals surface area (Å²) >= 11 is 7.23. The van der Waals surface area contributed by atoms with Crippen LogP contribution in [-0.2, 0) is 20.0 Å². The van der Waals surface area contributed by atoms with Gasteiger partial charge in [-0.05, 0) is 55.3 Å². The first-order valence-electron chi connectivity index (χ1n) is 9.03. The van der Waals surface area contributed by atoms with Gasteiger partial charge in [-0.1, -0.05) is 30.2 Å². The monoisotopic (exact) mass is 462 g/mol. The van der Waals surface area contributed by atoms with Gasteiger partial charge in [0.15, 0.2) is 0 Å². The molecule has 3 rings (SSSR count). The lowest BCUT2D eigenvalue weighted by atomic mass is 10.0. The molecular weight excluding hydrogens is 440 g/mol. The average Bonchev–Trinajstić information content (AvgIpc) is 3.19. The fourth-order valence-corrected chi connectivity index (χ4v) is 7.81. The number of sulfonamides is 2. The number of rotatable bonds is 7. The standard InChI is InChI=1S/C18H23ClN2O4S3/c1-14-16(19)7-4-8-17(14)27(22,23)20-11-10-15-6-2-3-12-21(15)28(24,25)18-9-5-13-26-18/h4-5,7-9,13,15,20H,2-3,6,10-12H2,1H3. The van der Waals surface area contributed by atoms with Crippen LogP contribution in [0.4, 0.5) is 0 Å². The topological polar surface area (TPSA) is 83.6 Å². The summed E-state index contributed by atoms with van der Waals surface area (Å²) in [5.74, 6) is 0. The minimum absolute atomic E-state index is 0.145. The second-order valence-electron chi connectivity index (χ2n) is 6.75. The van der Waals surface area contributed by atoms with Crippen LogP contribution in [0, 0.1) is 6.92 Å². The van der Waals surface area contributed by atoms with Gasteiger partial charge in [0.25, 0.3) is 10.0 Å². The van der Waals surface area contributed by atoms with Gasteiger partial charge >= 0.3 is 0 Å². The van der Waals surface area contributed by atoms with Crippen molar-refractivity contribution in [3.05, 3.63) is 46.3 Å². The van der Waals surface area contributed by atoms with Crippen molar-refractivity contribution in [1.82, 2.24) is 9.03 Å². The van der Waals surface area contributed by atoms with Crippen molar-refractivity contribution in [2.45, 2.75) is 47.8 Å². The van der Waals surface area contributed by atoms with E-state index in [9.17, 15) is 16.8 Å². The number of halogens is 1. The van der Waals surface area contributed by atoms with Crippen molar-refractivity contribution >= 4 is 43.0 Å². The molecule has 0 radical (unpaired) electrons. The van der Waals surface area contributed by atoms with E-state index in [4.69, 9.17) is 11.6 Å². The molecule has 2 heterocycles. The van der Waals surface area contributed by atoms with Gasteiger partial charge in [-0.2, -0.15) is 4.31 Å². The third kappa shape index (κ3) is 4.60. The minimum atomic E-state index is -3.71. The summed E-state index contributed by atoms with van der Waals surface area (Å²) in [4.78, 5) is 0.145. The van der Waals surface area contributed by atoms with E-state index in [1.807, 2.05) is 0 Å². The first-order valence-corrected chi connectivity index (χ1v) is 13.2. The predicted octanol–water partition coefficient (Wildman–Crippen LogP) is 3.62. The van der Waals surface area contributed by atoms with Crippen LogP contribution in [0.1, 0.15) is 31.2 Å². The van der Waals surface area contributed by atoms with E-state index in [0.717, 1.165) is 19.3 Å². The van der Waals surface area contributed by atoms with E-state index in [1.54, 1.807) is 36.6 Å². The Morgan fingerprint density at radius 2 is 1.96 bits per heavy atom. The van der Waals surface area contributed by atoms with Crippen molar-refractivity contribution in [2.75, 3.05) is 13.1 Å². The first-order chi connectivity index (χ1) is 13.2. The number of hydrogen-bond acceptors (Lipinski definition) is 5. The maximum atomic E-state index is 12.9. The molecular formula is C18H23ClN2O4S3. The van der Waals surface area contributed by atoms with Crippen molar-refractivity contribution in [3.63, 3.8) is 0 Å². The van der Waals surface area contributed by atoms with Gasteiger partial charge in [-0.25, -0.2) is 21.6 Å². The van der Waals surface area contributed by atoms with Crippen molar-refractivity contribution in [2.24, 2.45) is 0 Å². The van der Waals surface area contributed by atoms with Crippen LogP contribution in [0.3, 0.4) is 0 Å². The third-order valence-electron chi connectivity index (χ3n) is 4.91. The highest BCUT2D eigenvalue weighted by Gasteiger charge is 2.34. The molecule has 1 saturated heterocycles. The van der Waals surface area contributed by atoms with E-state index in [-0.39, 0.29) is 17.5 Å². The number of nitrogens with zero attached hydrogens (tertiary/aromatic N) is 1. The van der Waals surface area contributed by atoms with Crippen LogP contribution >= 0.6 is 22.9 Å². The molecule has 2 aromatic rings. The lowest BCUT2D eigenvalue weighted by molar-refractivity contribution is 0.242. The summed E-state index contributed by atoms with van der Waals surface area (Å²) in [6, 6.07) is 7.86. The van der Waals surface area contributed by atoms with Crippen LogP contribution < -0.4 is 4.72 Å². The van der Waals surface area contributed by atoms with E-state index in [0.29, 0.717) is 27.8 Å². The Balaban J connectivity index is 1.70. The molecule has 0 aliphatic carbocycles. The van der Waals surface area contributed by atoms with Gasteiger partial charge in [0.2, 0.25) is 10.0 Å². The number of piperidine rings is 1. The van der Waals surface area contributed by atoms with Crippen LogP contribution in [0.2, 0.25) is 5.02 Å². The molecule has 0 amide bonds. The highest BCUT2D eigenvalue weighted by atomic mass is 35.5. The van der Waals surface area contributed by atoms with Gasteiger partial charge in [-0.3, -0.25) is 0 Å². The Kier molecular flexibility index (Phi) is 6.84. The summed E-state index contributed by atoms with van der Waals surface area (Å²) in [7, 11) is -7.25. The number of nitrogens with one attached hydrogen (secondary N) is 1. The van der Waals surface area contributed by atoms with Gasteiger partial charge in [-0.15, -0.1) is 11.3 Å². The molecule has 1 aliphatic heterocycles. The van der Waals surface area contributed by atoms with E-state index in [2.05, 4.69) is 4.72 Å². The molecule has 1 fully saturated rings. The molecule has 6 nitrogen and oxygen atoms in total. The molecule has 1 unspecified atom stereocenters. The zero-order valence-electron chi connectivity index (χ0n) is 15.5. The van der Waals surface area contributed by atoms with Gasteiger partial charge in [0.05, 0.1) is 4.90 Å². The Morgan fingerprint density at radius 1 is 1.18 bits per heavy atom. The number of thiophene rings is 1. The summed E-state index contributed by atoms with van der Waals surface area (Å²) in [6.45, 7) is 2.29. The fraction of sp³-hybridized carbons (Fsp3) is 0.444. The van der Waals surface area contributed by atoms with Gasteiger partial charge in [0, 0.05) is 24.2 Å². The molecule has 0 bridgehead atoms. The quantitative estimate of drug-likeness (QED) is 0.681. The Morgan fingerprint density at radius 3 is 2.68 bits per heavy atom. The average molecular weight is 463 g/mol. The molecule has 1 atom stereocenters. The SMILES string of the molecule is Cc1c(Cl)cccc1S(=O)(=O)NCCC1CCCCN1S(=O)(=O)c1cccs1. The highest BCUT2D eigenvalue weighted by Crippen LogP contribution is 2.29. The smallest absolute Gasteiger partial charge is 0.211 e. The van der Waals surface area contributed by atoms with E-state index in [1.165, 1.54) is 21.7 Å². The molecule has 1 aliphatic rings. The molecule has 10 heteroatoms. The lowest BCUT2D eigenvalue weighted by Gasteiger charge is -2.34. The second-order valence-corrected chi connectivity index (χ2v) is 12.0. The minimum Gasteiger partial charge on any atom is -0.211 e. The largest absolute Gasteiger partial charge is 0.252 e. The molecule has 1 N–H and O–H groups in total. The Bertz CT molecular complexity index is 1020. The molecule has 1 aromatic carbocycles. The Hall–Kier alpha value is -0.970. The van der Waals surface area contributed by atoms with E-state index >= 15 is 0 Å². The summed E-state index contributed by atoms with van der Waals surface area (Å²) in [5.41, 5.74) is 0.497. The Labute approximate surface area is 175 Å². The maximum absolute atomic E-state index is 12.9. The fourth-order valence-electron chi connectivity index (χ4n) is 3.42. The molecule has 1 aromatic heterocycles. The summed E-state index contributed by atoms with van der Waals surface area (Å²) in [6.07, 6.45) is 2.89. The van der Waals surface area contributed by atoms with Crippen LogP contribution in [0.15, 0.2) is 44.8 Å². The normalized spacial score (nSPS) is 19.0. The summed E-state index contributed by atoms with van der Waals surface area (Å²) in [5, 5.41) is 2.14. The third-order valence-corrected chi connectivity index (χ3v) is 10.2. The lowest BCUT2D eigenvalue weighted by Crippen LogP contribution is -2.44. The zero-order valence-corrected chi connectivity index (χ0v) is 18.7. The van der Waals surface area contributed by atoms with Gasteiger partial charge < -0.3 is 0 Å². The van der Waals surface area contributed by atoms with Crippen molar-refractivity contribution < 1.29 is 16.8 Å². The van der Waals surface area contributed by atoms with Crippen molar-refractivity contribution in [3.8, 4) is 0 Å². The first kappa shape index (κ1) is 21.7. The predicted molar refractivity (Wildman–Crippen MR) is 112 cm³/mol. The molecule has 0 spiro atoms. The van der Waals surface area contributed by atoms with Crippen LogP contribution in [0.25, 0.3) is 0 Å². The second kappa shape index (κ2) is 8.81. The van der Waals surface area contributed by atoms with Crippen molar-refractivity contribution in [1.29, 1.82) is 0 Å². The van der Waals surface area contributed by atoms with Gasteiger partial charge in [0.1, 0.15) is 4.21 Å². The zero-order chi connectivity index (χ0) is 20.4. The molecule has 28 heavy (non-hydrogen) atoms.